The van der Waals surface area contributed by atoms with Gasteiger partial charge < -0.3 is 14.4 Å². The molecule has 2 aromatic rings. The fourth-order valence-electron chi connectivity index (χ4n) is 3.05. The Bertz CT molecular complexity index is 712. The summed E-state index contributed by atoms with van der Waals surface area (Å²) in [5.41, 5.74) is 1.47. The minimum absolute atomic E-state index is 0.382. The van der Waals surface area contributed by atoms with Crippen LogP contribution >= 0.6 is 0 Å². The first-order valence-electron chi connectivity index (χ1n) is 7.72. The number of carbonyl (C=O) groups excluding carboxylic acids is 2. The molecule has 116 valence electrons. The first-order valence-corrected chi connectivity index (χ1v) is 7.72. The zero-order chi connectivity index (χ0) is 15.7. The Hall–Kier alpha value is -2.14. The lowest BCUT2D eigenvalue weighted by Gasteiger charge is -2.33. The number of likely N-dealkylation sites (N-methyl/N-ethyl adjacent to an activating group) is 1. The van der Waals surface area contributed by atoms with Crippen molar-refractivity contribution < 1.29 is 9.59 Å². The maximum atomic E-state index is 12.6. The number of carbonyl (C=O) groups is 2. The molecular weight excluding hydrogens is 278 g/mol. The molecule has 2 heterocycles. The van der Waals surface area contributed by atoms with Crippen molar-refractivity contribution in [3.05, 3.63) is 36.0 Å². The molecule has 22 heavy (non-hydrogen) atoms. The number of rotatable bonds is 3. The van der Waals surface area contributed by atoms with Gasteiger partial charge >= 0.3 is 0 Å². The Labute approximate surface area is 130 Å². The highest BCUT2D eigenvalue weighted by atomic mass is 16.2. The van der Waals surface area contributed by atoms with Crippen molar-refractivity contribution in [1.29, 1.82) is 0 Å². The van der Waals surface area contributed by atoms with E-state index in [1.165, 1.54) is 0 Å². The van der Waals surface area contributed by atoms with E-state index >= 15 is 0 Å². The van der Waals surface area contributed by atoms with E-state index in [9.17, 15) is 9.59 Å². The summed E-state index contributed by atoms with van der Waals surface area (Å²) in [5.74, 6) is -0.783. The van der Waals surface area contributed by atoms with Crippen molar-refractivity contribution >= 4 is 22.6 Å². The van der Waals surface area contributed by atoms with Crippen molar-refractivity contribution in [2.75, 3.05) is 32.7 Å². The molecule has 1 aromatic heterocycles. The van der Waals surface area contributed by atoms with E-state index < -0.39 is 5.78 Å². The molecule has 0 aliphatic carbocycles. The fraction of sp³-hybridized carbons (Fsp3) is 0.412. The molecule has 1 fully saturated rings. The van der Waals surface area contributed by atoms with Gasteiger partial charge in [-0.3, -0.25) is 9.59 Å². The monoisotopic (exact) mass is 299 g/mol. The summed E-state index contributed by atoms with van der Waals surface area (Å²) < 4.78 is 1.89. The molecule has 5 heteroatoms. The molecule has 0 unspecified atom stereocenters. The molecule has 1 amide bonds. The van der Waals surface area contributed by atoms with Crippen molar-refractivity contribution in [1.82, 2.24) is 14.4 Å². The van der Waals surface area contributed by atoms with Crippen LogP contribution in [0.1, 0.15) is 17.3 Å². The summed E-state index contributed by atoms with van der Waals surface area (Å²) in [6, 6.07) is 7.67. The van der Waals surface area contributed by atoms with Crippen LogP contribution in [0.2, 0.25) is 0 Å². The number of fused-ring (bicyclic) bond motifs is 1. The standard InChI is InChI=1S/C17H21N3O2/c1-3-19-8-10-20(11-9-19)17(22)16(21)14-12-18(2)15-7-5-4-6-13(14)15/h4-7,12H,3,8-11H2,1-2H3. The molecule has 0 radical (unpaired) electrons. The summed E-state index contributed by atoms with van der Waals surface area (Å²) in [4.78, 5) is 29.1. The molecule has 0 atom stereocenters. The van der Waals surface area contributed by atoms with E-state index in [-0.39, 0.29) is 5.91 Å². The number of piperazine rings is 1. The number of hydrogen-bond donors (Lipinski definition) is 0. The Balaban J connectivity index is 1.82. The maximum absolute atomic E-state index is 12.6. The van der Waals surface area contributed by atoms with Crippen LogP contribution in [0.15, 0.2) is 30.5 Å². The molecule has 1 aliphatic rings. The van der Waals surface area contributed by atoms with Crippen molar-refractivity contribution in [3.63, 3.8) is 0 Å². The second-order valence-corrected chi connectivity index (χ2v) is 5.73. The molecular formula is C17H21N3O2. The van der Waals surface area contributed by atoms with Crippen LogP contribution in [-0.2, 0) is 11.8 Å². The highest BCUT2D eigenvalue weighted by molar-refractivity contribution is 6.44. The topological polar surface area (TPSA) is 45.6 Å². The maximum Gasteiger partial charge on any atom is 0.295 e. The summed E-state index contributed by atoms with van der Waals surface area (Å²) in [6.45, 7) is 6.03. The molecule has 1 aliphatic heterocycles. The highest BCUT2D eigenvalue weighted by Gasteiger charge is 2.28. The normalized spacial score (nSPS) is 16.2. The summed E-state index contributed by atoms with van der Waals surface area (Å²) in [5, 5.41) is 0.843. The number of amides is 1. The third-order valence-electron chi connectivity index (χ3n) is 4.44. The van der Waals surface area contributed by atoms with Gasteiger partial charge in [-0.05, 0) is 12.6 Å². The molecule has 0 bridgehead atoms. The van der Waals surface area contributed by atoms with Crippen molar-refractivity contribution in [3.8, 4) is 0 Å². The lowest BCUT2D eigenvalue weighted by molar-refractivity contribution is -0.128. The summed E-state index contributed by atoms with van der Waals surface area (Å²) in [6.07, 6.45) is 1.76. The van der Waals surface area contributed by atoms with Gasteiger partial charge in [-0.1, -0.05) is 25.1 Å². The van der Waals surface area contributed by atoms with E-state index in [1.54, 1.807) is 11.1 Å². The van der Waals surface area contributed by atoms with Crippen LogP contribution in [0.3, 0.4) is 0 Å². The van der Waals surface area contributed by atoms with Crippen LogP contribution in [-0.4, -0.2) is 58.8 Å². The lowest BCUT2D eigenvalue weighted by Crippen LogP contribution is -2.50. The zero-order valence-corrected chi connectivity index (χ0v) is 13.1. The number of hydrogen-bond acceptors (Lipinski definition) is 3. The van der Waals surface area contributed by atoms with Gasteiger partial charge in [-0.2, -0.15) is 0 Å². The van der Waals surface area contributed by atoms with Gasteiger partial charge in [0.05, 0.1) is 5.56 Å². The Morgan fingerprint density at radius 1 is 1.09 bits per heavy atom. The van der Waals surface area contributed by atoms with E-state index in [2.05, 4.69) is 11.8 Å². The van der Waals surface area contributed by atoms with Gasteiger partial charge in [0, 0.05) is 50.3 Å². The number of Topliss-reactive ketones (excluding diaryl/α,β-unsaturated/α-hetero) is 1. The molecule has 0 N–H and O–H groups in total. The zero-order valence-electron chi connectivity index (χ0n) is 13.1. The Morgan fingerprint density at radius 2 is 1.77 bits per heavy atom. The molecule has 1 saturated heterocycles. The Kier molecular flexibility index (Phi) is 3.98. The summed E-state index contributed by atoms with van der Waals surface area (Å²) >= 11 is 0. The van der Waals surface area contributed by atoms with Crippen LogP contribution in [0.5, 0.6) is 0 Å². The average Bonchev–Trinajstić information content (AvgIpc) is 2.91. The second kappa shape index (κ2) is 5.93. The largest absolute Gasteiger partial charge is 0.350 e. The van der Waals surface area contributed by atoms with Crippen molar-refractivity contribution in [2.24, 2.45) is 7.05 Å². The number of para-hydroxylation sites is 1. The highest BCUT2D eigenvalue weighted by Crippen LogP contribution is 2.21. The van der Waals surface area contributed by atoms with Gasteiger partial charge in [-0.25, -0.2) is 0 Å². The molecule has 3 rings (SSSR count). The average molecular weight is 299 g/mol. The van der Waals surface area contributed by atoms with Gasteiger partial charge in [0.1, 0.15) is 0 Å². The van der Waals surface area contributed by atoms with Crippen molar-refractivity contribution in [2.45, 2.75) is 6.92 Å². The third kappa shape index (κ3) is 2.52. The van der Waals surface area contributed by atoms with E-state index in [4.69, 9.17) is 0 Å². The smallest absolute Gasteiger partial charge is 0.295 e. The quantitative estimate of drug-likeness (QED) is 0.638. The molecule has 0 saturated carbocycles. The number of nitrogens with zero attached hydrogens (tertiary/aromatic N) is 3. The van der Waals surface area contributed by atoms with E-state index in [1.807, 2.05) is 35.9 Å². The first kappa shape index (κ1) is 14.8. The SMILES string of the molecule is CCN1CCN(C(=O)C(=O)c2cn(C)c3ccccc23)CC1. The number of aryl methyl sites for hydroxylation is 1. The number of ketones is 1. The Morgan fingerprint density at radius 3 is 2.45 bits per heavy atom. The minimum Gasteiger partial charge on any atom is -0.350 e. The first-order chi connectivity index (χ1) is 10.6. The fourth-order valence-corrected chi connectivity index (χ4v) is 3.05. The van der Waals surface area contributed by atoms with Gasteiger partial charge in [0.25, 0.3) is 11.7 Å². The summed E-state index contributed by atoms with van der Waals surface area (Å²) in [7, 11) is 1.89. The predicted octanol–water partition coefficient (Wildman–Crippen LogP) is 1.53. The van der Waals surface area contributed by atoms with E-state index in [0.29, 0.717) is 18.7 Å². The second-order valence-electron chi connectivity index (χ2n) is 5.73. The van der Waals surface area contributed by atoms with Gasteiger partial charge in [-0.15, -0.1) is 0 Å². The van der Waals surface area contributed by atoms with Crippen LogP contribution in [0.4, 0.5) is 0 Å². The van der Waals surface area contributed by atoms with Crippen LogP contribution < -0.4 is 0 Å². The van der Waals surface area contributed by atoms with Crippen LogP contribution in [0, 0.1) is 0 Å². The molecule has 0 spiro atoms. The minimum atomic E-state index is -0.401. The van der Waals surface area contributed by atoms with Gasteiger partial charge in [0.2, 0.25) is 0 Å². The molecule has 1 aromatic carbocycles. The van der Waals surface area contributed by atoms with Gasteiger partial charge in [0.15, 0.2) is 0 Å². The number of aromatic nitrogens is 1. The number of benzene rings is 1. The molecule has 5 nitrogen and oxygen atoms in total. The van der Waals surface area contributed by atoms with Crippen LogP contribution in [0.25, 0.3) is 10.9 Å². The predicted molar refractivity (Wildman–Crippen MR) is 85.9 cm³/mol. The van der Waals surface area contributed by atoms with E-state index in [0.717, 1.165) is 30.5 Å². The lowest BCUT2D eigenvalue weighted by atomic mass is 10.1. The third-order valence-corrected chi connectivity index (χ3v) is 4.44.